The molecule has 1 aromatic heterocycles. The fraction of sp³-hybridized carbons (Fsp3) is 0.615. The fourth-order valence-electron chi connectivity index (χ4n) is 2.31. The van der Waals surface area contributed by atoms with Crippen LogP contribution in [-0.2, 0) is 6.54 Å². The maximum absolute atomic E-state index is 10.9. The molecule has 0 aromatic carbocycles. The van der Waals surface area contributed by atoms with Gasteiger partial charge in [-0.1, -0.05) is 0 Å². The summed E-state index contributed by atoms with van der Waals surface area (Å²) in [5.74, 6) is 0.926. The molecule has 1 aliphatic rings. The van der Waals surface area contributed by atoms with Crippen molar-refractivity contribution in [2.45, 2.75) is 32.1 Å². The standard InChI is InChI=1S/C13H19NO3S/c1-9-6-10(17-11(9)12(15)16)7-14-4-5-18-13(2,3)8-14/h6H,4-5,7-8H2,1-3H3,(H,15,16). The zero-order valence-corrected chi connectivity index (χ0v) is 11.8. The van der Waals surface area contributed by atoms with Gasteiger partial charge in [-0.3, -0.25) is 4.90 Å². The highest BCUT2D eigenvalue weighted by Gasteiger charge is 2.27. The molecule has 0 amide bonds. The van der Waals surface area contributed by atoms with Crippen LogP contribution in [-0.4, -0.2) is 39.6 Å². The highest BCUT2D eigenvalue weighted by molar-refractivity contribution is 8.00. The monoisotopic (exact) mass is 269 g/mol. The number of aryl methyl sites for hydroxylation is 1. The Bertz CT molecular complexity index is 453. The predicted octanol–water partition coefficient (Wildman–Crippen LogP) is 2.61. The lowest BCUT2D eigenvalue weighted by Gasteiger charge is -2.37. The molecule has 0 aliphatic carbocycles. The van der Waals surface area contributed by atoms with Crippen LogP contribution in [0.1, 0.15) is 35.7 Å². The van der Waals surface area contributed by atoms with Crippen LogP contribution >= 0.6 is 11.8 Å². The van der Waals surface area contributed by atoms with E-state index in [1.165, 1.54) is 0 Å². The maximum Gasteiger partial charge on any atom is 0.372 e. The van der Waals surface area contributed by atoms with Crippen LogP contribution in [0.4, 0.5) is 0 Å². The van der Waals surface area contributed by atoms with E-state index in [1.807, 2.05) is 17.8 Å². The SMILES string of the molecule is Cc1cc(CN2CCSC(C)(C)C2)oc1C(=O)O. The summed E-state index contributed by atoms with van der Waals surface area (Å²) < 4.78 is 5.66. The van der Waals surface area contributed by atoms with E-state index in [9.17, 15) is 4.79 Å². The smallest absolute Gasteiger partial charge is 0.372 e. The first-order valence-corrected chi connectivity index (χ1v) is 7.05. The van der Waals surface area contributed by atoms with Gasteiger partial charge < -0.3 is 9.52 Å². The van der Waals surface area contributed by atoms with Crippen molar-refractivity contribution in [3.63, 3.8) is 0 Å². The van der Waals surface area contributed by atoms with Gasteiger partial charge in [-0.15, -0.1) is 0 Å². The van der Waals surface area contributed by atoms with E-state index in [4.69, 9.17) is 9.52 Å². The van der Waals surface area contributed by atoms with E-state index in [1.54, 1.807) is 6.92 Å². The van der Waals surface area contributed by atoms with E-state index in [2.05, 4.69) is 18.7 Å². The lowest BCUT2D eigenvalue weighted by molar-refractivity contribution is 0.0657. The lowest BCUT2D eigenvalue weighted by atomic mass is 10.2. The topological polar surface area (TPSA) is 53.7 Å². The molecule has 1 aromatic rings. The Hall–Kier alpha value is -0.940. The Balaban J connectivity index is 2.05. The number of nitrogens with zero attached hydrogens (tertiary/aromatic N) is 1. The summed E-state index contributed by atoms with van der Waals surface area (Å²) in [6, 6.07) is 1.83. The van der Waals surface area contributed by atoms with Crippen molar-refractivity contribution in [2.24, 2.45) is 0 Å². The molecule has 0 saturated carbocycles. The molecule has 18 heavy (non-hydrogen) atoms. The van der Waals surface area contributed by atoms with Crippen molar-refractivity contribution >= 4 is 17.7 Å². The first-order valence-electron chi connectivity index (χ1n) is 6.06. The van der Waals surface area contributed by atoms with E-state index in [0.717, 1.165) is 24.6 Å². The molecule has 100 valence electrons. The van der Waals surface area contributed by atoms with Crippen molar-refractivity contribution in [1.82, 2.24) is 4.90 Å². The lowest BCUT2D eigenvalue weighted by Crippen LogP contribution is -2.42. The van der Waals surface area contributed by atoms with E-state index < -0.39 is 5.97 Å². The fourth-order valence-corrected chi connectivity index (χ4v) is 3.48. The number of rotatable bonds is 3. The second kappa shape index (κ2) is 4.97. The van der Waals surface area contributed by atoms with E-state index in [-0.39, 0.29) is 10.5 Å². The molecule has 0 unspecified atom stereocenters. The first-order chi connectivity index (χ1) is 8.37. The molecule has 2 rings (SSSR count). The van der Waals surface area contributed by atoms with Crippen LogP contribution in [0.2, 0.25) is 0 Å². The van der Waals surface area contributed by atoms with Crippen molar-refractivity contribution in [1.29, 1.82) is 0 Å². The number of hydrogen-bond donors (Lipinski definition) is 1. The Morgan fingerprint density at radius 3 is 2.89 bits per heavy atom. The van der Waals surface area contributed by atoms with Gasteiger partial charge in [0.05, 0.1) is 6.54 Å². The molecular weight excluding hydrogens is 250 g/mol. The van der Waals surface area contributed by atoms with Crippen LogP contribution in [0.25, 0.3) is 0 Å². The van der Waals surface area contributed by atoms with Crippen LogP contribution < -0.4 is 0 Å². The highest BCUT2D eigenvalue weighted by Crippen LogP contribution is 2.30. The van der Waals surface area contributed by atoms with E-state index >= 15 is 0 Å². The average molecular weight is 269 g/mol. The highest BCUT2D eigenvalue weighted by atomic mass is 32.2. The Morgan fingerprint density at radius 2 is 2.33 bits per heavy atom. The normalized spacial score (nSPS) is 19.9. The molecular formula is C13H19NO3S. The van der Waals surface area contributed by atoms with Gasteiger partial charge in [0.1, 0.15) is 5.76 Å². The summed E-state index contributed by atoms with van der Waals surface area (Å²) in [7, 11) is 0. The second-order valence-corrected chi connectivity index (χ2v) is 7.15. The van der Waals surface area contributed by atoms with Gasteiger partial charge in [-0.2, -0.15) is 11.8 Å². The van der Waals surface area contributed by atoms with Gasteiger partial charge in [0.15, 0.2) is 0 Å². The van der Waals surface area contributed by atoms with Gasteiger partial charge in [0, 0.05) is 29.2 Å². The number of carboxylic acids is 1. The first kappa shape index (κ1) is 13.5. The van der Waals surface area contributed by atoms with Gasteiger partial charge >= 0.3 is 5.97 Å². The molecule has 0 bridgehead atoms. The minimum absolute atomic E-state index is 0.0654. The maximum atomic E-state index is 10.9. The summed E-state index contributed by atoms with van der Waals surface area (Å²) in [5.41, 5.74) is 0.697. The van der Waals surface area contributed by atoms with Gasteiger partial charge in [-0.05, 0) is 26.8 Å². The third-order valence-electron chi connectivity index (χ3n) is 3.05. The average Bonchev–Trinajstić information content (AvgIpc) is 2.58. The molecule has 1 aliphatic heterocycles. The quantitative estimate of drug-likeness (QED) is 0.914. The Kier molecular flexibility index (Phi) is 3.73. The number of aromatic carboxylic acids is 1. The molecule has 0 radical (unpaired) electrons. The Labute approximate surface area is 111 Å². The number of carbonyl (C=O) groups is 1. The molecule has 0 atom stereocenters. The molecule has 4 nitrogen and oxygen atoms in total. The molecule has 0 spiro atoms. The number of thioether (sulfide) groups is 1. The molecule has 1 fully saturated rings. The van der Waals surface area contributed by atoms with Gasteiger partial charge in [0.2, 0.25) is 5.76 Å². The third kappa shape index (κ3) is 3.09. The predicted molar refractivity (Wildman–Crippen MR) is 72.2 cm³/mol. The van der Waals surface area contributed by atoms with E-state index in [0.29, 0.717) is 12.1 Å². The molecule has 1 saturated heterocycles. The summed E-state index contributed by atoms with van der Waals surface area (Å²) in [5, 5.41) is 8.96. The van der Waals surface area contributed by atoms with Gasteiger partial charge in [-0.25, -0.2) is 4.79 Å². The summed E-state index contributed by atoms with van der Waals surface area (Å²) in [6.07, 6.45) is 0. The van der Waals surface area contributed by atoms with Crippen molar-refractivity contribution in [3.8, 4) is 0 Å². The van der Waals surface area contributed by atoms with Crippen molar-refractivity contribution in [3.05, 3.63) is 23.2 Å². The Morgan fingerprint density at radius 1 is 1.61 bits per heavy atom. The summed E-state index contributed by atoms with van der Waals surface area (Å²) in [6.45, 7) is 8.96. The number of hydrogen-bond acceptors (Lipinski definition) is 4. The summed E-state index contributed by atoms with van der Waals surface area (Å²) >= 11 is 1.98. The molecule has 5 heteroatoms. The largest absolute Gasteiger partial charge is 0.475 e. The zero-order valence-electron chi connectivity index (χ0n) is 11.0. The van der Waals surface area contributed by atoms with Crippen molar-refractivity contribution in [2.75, 3.05) is 18.8 Å². The number of furan rings is 1. The van der Waals surface area contributed by atoms with Crippen LogP contribution in [0.3, 0.4) is 0 Å². The third-order valence-corrected chi connectivity index (χ3v) is 4.34. The van der Waals surface area contributed by atoms with Crippen molar-refractivity contribution < 1.29 is 14.3 Å². The van der Waals surface area contributed by atoms with Crippen LogP contribution in [0.5, 0.6) is 0 Å². The molecule has 2 heterocycles. The van der Waals surface area contributed by atoms with Gasteiger partial charge in [0.25, 0.3) is 0 Å². The number of carboxylic acid groups (broad SMARTS) is 1. The zero-order chi connectivity index (χ0) is 13.3. The van der Waals surface area contributed by atoms with Crippen LogP contribution in [0, 0.1) is 6.92 Å². The molecule has 1 N–H and O–H groups in total. The summed E-state index contributed by atoms with van der Waals surface area (Å²) in [4.78, 5) is 13.2. The van der Waals surface area contributed by atoms with Crippen LogP contribution in [0.15, 0.2) is 10.5 Å². The second-order valence-electron chi connectivity index (χ2n) is 5.35. The minimum atomic E-state index is -0.992. The minimum Gasteiger partial charge on any atom is -0.475 e.